The quantitative estimate of drug-likeness (QED) is 0.686. The third-order valence-corrected chi connectivity index (χ3v) is 4.18. The molecule has 21 heavy (non-hydrogen) atoms. The third-order valence-electron chi connectivity index (χ3n) is 2.82. The molecular weight excluding hydrogens is 295 g/mol. The Kier molecular flexibility index (Phi) is 6.91. The summed E-state index contributed by atoms with van der Waals surface area (Å²) in [5.74, 6) is -0.289. The van der Waals surface area contributed by atoms with Gasteiger partial charge in [-0.15, -0.1) is 0 Å². The number of hydrogen-bond donors (Lipinski definition) is 2. The molecule has 0 saturated carbocycles. The van der Waals surface area contributed by atoms with Crippen molar-refractivity contribution in [1.82, 2.24) is 5.32 Å². The lowest BCUT2D eigenvalue weighted by atomic mass is 10.3. The summed E-state index contributed by atoms with van der Waals surface area (Å²) in [6.07, 6.45) is 1.33. The van der Waals surface area contributed by atoms with Crippen molar-refractivity contribution >= 4 is 15.7 Å². The van der Waals surface area contributed by atoms with E-state index in [0.29, 0.717) is 12.5 Å². The van der Waals surface area contributed by atoms with E-state index < -0.39 is 15.8 Å². The van der Waals surface area contributed by atoms with Gasteiger partial charge in [-0.3, -0.25) is 4.72 Å². The van der Waals surface area contributed by atoms with Gasteiger partial charge in [0.25, 0.3) is 0 Å². The monoisotopic (exact) mass is 318 g/mol. The van der Waals surface area contributed by atoms with Crippen LogP contribution in [0.3, 0.4) is 0 Å². The van der Waals surface area contributed by atoms with Crippen LogP contribution in [0.15, 0.2) is 18.2 Å². The van der Waals surface area contributed by atoms with E-state index in [0.717, 1.165) is 19.0 Å². The second-order valence-electron chi connectivity index (χ2n) is 5.08. The van der Waals surface area contributed by atoms with Crippen molar-refractivity contribution in [2.24, 2.45) is 0 Å². The smallest absolute Gasteiger partial charge is 0.232 e. The first-order valence-corrected chi connectivity index (χ1v) is 8.56. The van der Waals surface area contributed by atoms with Gasteiger partial charge in [-0.2, -0.15) is 0 Å². The minimum Gasteiger partial charge on any atom is -0.494 e. The summed E-state index contributed by atoms with van der Waals surface area (Å²) < 4.78 is 44.4. The highest BCUT2D eigenvalue weighted by Crippen LogP contribution is 2.26. The van der Waals surface area contributed by atoms with Gasteiger partial charge in [0.1, 0.15) is 11.6 Å². The average molecular weight is 318 g/mol. The SMILES string of the molecule is COc1cc(F)ccc1NS(=O)(=O)CCCCNC(C)C. The Hall–Kier alpha value is -1.34. The van der Waals surface area contributed by atoms with Gasteiger partial charge in [0.05, 0.1) is 18.6 Å². The van der Waals surface area contributed by atoms with E-state index in [4.69, 9.17) is 4.74 Å². The van der Waals surface area contributed by atoms with E-state index in [-0.39, 0.29) is 17.2 Å². The zero-order chi connectivity index (χ0) is 15.9. The maximum Gasteiger partial charge on any atom is 0.232 e. The number of methoxy groups -OCH3 is 1. The maximum absolute atomic E-state index is 13.1. The molecule has 0 aliphatic carbocycles. The van der Waals surface area contributed by atoms with Crippen LogP contribution in [0.25, 0.3) is 0 Å². The number of ether oxygens (including phenoxy) is 1. The zero-order valence-corrected chi connectivity index (χ0v) is 13.5. The Bertz CT molecular complexity index is 547. The van der Waals surface area contributed by atoms with Crippen LogP contribution in [0.2, 0.25) is 0 Å². The van der Waals surface area contributed by atoms with E-state index in [2.05, 4.69) is 10.0 Å². The van der Waals surface area contributed by atoms with E-state index in [9.17, 15) is 12.8 Å². The van der Waals surface area contributed by atoms with Gasteiger partial charge in [-0.25, -0.2) is 12.8 Å². The van der Waals surface area contributed by atoms with Crippen molar-refractivity contribution in [2.45, 2.75) is 32.7 Å². The molecule has 120 valence electrons. The lowest BCUT2D eigenvalue weighted by Gasteiger charge is -2.12. The molecule has 0 amide bonds. The molecule has 0 unspecified atom stereocenters. The number of unbranched alkanes of at least 4 members (excludes halogenated alkanes) is 1. The molecule has 0 aromatic heterocycles. The molecular formula is C14H23FN2O3S. The first-order valence-electron chi connectivity index (χ1n) is 6.91. The lowest BCUT2D eigenvalue weighted by molar-refractivity contribution is 0.413. The summed E-state index contributed by atoms with van der Waals surface area (Å²) in [5.41, 5.74) is 0.249. The number of sulfonamides is 1. The standard InChI is InChI=1S/C14H23FN2O3S/c1-11(2)16-8-4-5-9-21(18,19)17-13-7-6-12(15)10-14(13)20-3/h6-7,10-11,16-17H,4-5,8-9H2,1-3H3. The fourth-order valence-electron chi connectivity index (χ4n) is 1.78. The molecule has 0 atom stereocenters. The van der Waals surface area contributed by atoms with Gasteiger partial charge in [0, 0.05) is 12.1 Å². The summed E-state index contributed by atoms with van der Waals surface area (Å²) in [6, 6.07) is 4.08. The molecule has 0 saturated heterocycles. The van der Waals surface area contributed by atoms with Gasteiger partial charge >= 0.3 is 0 Å². The van der Waals surface area contributed by atoms with Gasteiger partial charge in [-0.1, -0.05) is 13.8 Å². The first-order chi connectivity index (χ1) is 9.84. The molecule has 1 aromatic carbocycles. The molecule has 0 aliphatic rings. The number of rotatable bonds is 9. The molecule has 2 N–H and O–H groups in total. The molecule has 0 spiro atoms. The average Bonchev–Trinajstić information content (AvgIpc) is 2.39. The normalized spacial score (nSPS) is 11.7. The van der Waals surface area contributed by atoms with E-state index >= 15 is 0 Å². The maximum atomic E-state index is 13.1. The van der Waals surface area contributed by atoms with E-state index in [1.807, 2.05) is 13.8 Å². The fraction of sp³-hybridized carbons (Fsp3) is 0.571. The third kappa shape index (κ3) is 6.77. The summed E-state index contributed by atoms with van der Waals surface area (Å²) in [5, 5.41) is 3.23. The van der Waals surface area contributed by atoms with Crippen LogP contribution in [0.4, 0.5) is 10.1 Å². The number of hydrogen-bond acceptors (Lipinski definition) is 4. The fourth-order valence-corrected chi connectivity index (χ4v) is 2.97. The van der Waals surface area contributed by atoms with Crippen molar-refractivity contribution in [3.63, 3.8) is 0 Å². The zero-order valence-electron chi connectivity index (χ0n) is 12.6. The highest BCUT2D eigenvalue weighted by molar-refractivity contribution is 7.92. The molecule has 0 fully saturated rings. The molecule has 1 rings (SSSR count). The Morgan fingerprint density at radius 2 is 2.00 bits per heavy atom. The predicted octanol–water partition coefficient (Wildman–Crippen LogP) is 2.35. The van der Waals surface area contributed by atoms with Crippen molar-refractivity contribution in [1.29, 1.82) is 0 Å². The van der Waals surface area contributed by atoms with Crippen LogP contribution in [0.1, 0.15) is 26.7 Å². The van der Waals surface area contributed by atoms with Crippen LogP contribution in [0.5, 0.6) is 5.75 Å². The first kappa shape index (κ1) is 17.7. The second-order valence-corrected chi connectivity index (χ2v) is 6.92. The number of benzene rings is 1. The Morgan fingerprint density at radius 3 is 2.62 bits per heavy atom. The number of halogens is 1. The molecule has 0 aliphatic heterocycles. The topological polar surface area (TPSA) is 67.4 Å². The number of nitrogens with one attached hydrogen (secondary N) is 2. The van der Waals surface area contributed by atoms with E-state index in [1.165, 1.54) is 19.2 Å². The van der Waals surface area contributed by atoms with Gasteiger partial charge in [0.15, 0.2) is 0 Å². The molecule has 0 bridgehead atoms. The second kappa shape index (κ2) is 8.19. The van der Waals surface area contributed by atoms with Crippen LogP contribution in [-0.2, 0) is 10.0 Å². The summed E-state index contributed by atoms with van der Waals surface area (Å²) in [6.45, 7) is 4.87. The molecule has 7 heteroatoms. The molecule has 0 radical (unpaired) electrons. The lowest BCUT2D eigenvalue weighted by Crippen LogP contribution is -2.24. The summed E-state index contributed by atoms with van der Waals surface area (Å²) >= 11 is 0. The minimum absolute atomic E-state index is 0.0211. The van der Waals surface area contributed by atoms with Crippen LogP contribution in [0, 0.1) is 5.82 Å². The van der Waals surface area contributed by atoms with Crippen LogP contribution < -0.4 is 14.8 Å². The molecule has 0 heterocycles. The minimum atomic E-state index is -3.46. The Labute approximate surface area is 125 Å². The van der Waals surface area contributed by atoms with Gasteiger partial charge in [-0.05, 0) is 31.5 Å². The van der Waals surface area contributed by atoms with Gasteiger partial charge < -0.3 is 10.1 Å². The van der Waals surface area contributed by atoms with Crippen molar-refractivity contribution < 1.29 is 17.5 Å². The summed E-state index contributed by atoms with van der Waals surface area (Å²) in [7, 11) is -2.10. The summed E-state index contributed by atoms with van der Waals surface area (Å²) in [4.78, 5) is 0. The number of anilines is 1. The highest BCUT2D eigenvalue weighted by Gasteiger charge is 2.13. The Morgan fingerprint density at radius 1 is 1.29 bits per heavy atom. The highest BCUT2D eigenvalue weighted by atomic mass is 32.2. The predicted molar refractivity (Wildman–Crippen MR) is 82.7 cm³/mol. The largest absolute Gasteiger partial charge is 0.494 e. The molecule has 5 nitrogen and oxygen atoms in total. The van der Waals surface area contributed by atoms with Crippen molar-refractivity contribution in [3.05, 3.63) is 24.0 Å². The van der Waals surface area contributed by atoms with E-state index in [1.54, 1.807) is 0 Å². The van der Waals surface area contributed by atoms with Gasteiger partial charge in [0.2, 0.25) is 10.0 Å². The molecule has 1 aromatic rings. The van der Waals surface area contributed by atoms with Crippen LogP contribution in [-0.4, -0.2) is 33.9 Å². The Balaban J connectivity index is 2.52. The van der Waals surface area contributed by atoms with Crippen molar-refractivity contribution in [2.75, 3.05) is 24.1 Å². The van der Waals surface area contributed by atoms with Crippen molar-refractivity contribution in [3.8, 4) is 5.75 Å². The van der Waals surface area contributed by atoms with Crippen LogP contribution >= 0.6 is 0 Å².